The van der Waals surface area contributed by atoms with Crippen molar-refractivity contribution in [3.63, 3.8) is 0 Å². The highest BCUT2D eigenvalue weighted by Crippen LogP contribution is 2.13. The van der Waals surface area contributed by atoms with E-state index in [-0.39, 0.29) is 6.61 Å². The summed E-state index contributed by atoms with van der Waals surface area (Å²) < 4.78 is 0. The van der Waals surface area contributed by atoms with Crippen LogP contribution in [-0.2, 0) is 6.54 Å². The van der Waals surface area contributed by atoms with Crippen LogP contribution >= 0.6 is 0 Å². The second-order valence-corrected chi connectivity index (χ2v) is 3.82. The monoisotopic (exact) mass is 193 g/mol. The standard InChI is InChI=1S/C12H19NO/c1-10-5-4-6-12(11(10)2)9-13(3)7-8-14/h4-6,14H,7-9H2,1-3H3. The van der Waals surface area contributed by atoms with Gasteiger partial charge in [0.25, 0.3) is 0 Å². The van der Waals surface area contributed by atoms with E-state index in [1.165, 1.54) is 16.7 Å². The Morgan fingerprint density at radius 2 is 2.00 bits per heavy atom. The first-order chi connectivity index (χ1) is 6.65. The molecule has 0 heterocycles. The fourth-order valence-corrected chi connectivity index (χ4v) is 1.52. The van der Waals surface area contributed by atoms with E-state index in [0.717, 1.165) is 13.1 Å². The third-order valence-corrected chi connectivity index (χ3v) is 2.64. The molecule has 0 aliphatic rings. The van der Waals surface area contributed by atoms with Crippen LogP contribution in [0.1, 0.15) is 16.7 Å². The lowest BCUT2D eigenvalue weighted by atomic mass is 10.0. The molecule has 0 fully saturated rings. The molecule has 0 aliphatic carbocycles. The van der Waals surface area contributed by atoms with Crippen molar-refractivity contribution < 1.29 is 5.11 Å². The van der Waals surface area contributed by atoms with Crippen LogP contribution in [0, 0.1) is 13.8 Å². The predicted octanol–water partition coefficient (Wildman–Crippen LogP) is 1.73. The predicted molar refractivity (Wildman–Crippen MR) is 59.3 cm³/mol. The van der Waals surface area contributed by atoms with Gasteiger partial charge in [-0.15, -0.1) is 0 Å². The number of likely N-dealkylation sites (N-methyl/N-ethyl adjacent to an activating group) is 1. The maximum Gasteiger partial charge on any atom is 0.0558 e. The number of aliphatic hydroxyl groups excluding tert-OH is 1. The molecule has 0 aromatic heterocycles. The Balaban J connectivity index is 2.71. The minimum absolute atomic E-state index is 0.224. The van der Waals surface area contributed by atoms with Crippen LogP contribution < -0.4 is 0 Å². The van der Waals surface area contributed by atoms with Crippen LogP contribution in [0.5, 0.6) is 0 Å². The molecule has 2 heteroatoms. The molecular formula is C12H19NO. The third kappa shape index (κ3) is 2.82. The van der Waals surface area contributed by atoms with Crippen molar-refractivity contribution in [2.75, 3.05) is 20.2 Å². The Bertz CT molecular complexity index is 296. The van der Waals surface area contributed by atoms with Crippen molar-refractivity contribution in [3.8, 4) is 0 Å². The normalized spacial score (nSPS) is 10.9. The number of hydrogen-bond acceptors (Lipinski definition) is 2. The fraction of sp³-hybridized carbons (Fsp3) is 0.500. The zero-order chi connectivity index (χ0) is 10.6. The summed E-state index contributed by atoms with van der Waals surface area (Å²) in [5, 5.41) is 8.80. The topological polar surface area (TPSA) is 23.5 Å². The Kier molecular flexibility index (Phi) is 4.11. The maximum atomic E-state index is 8.80. The van der Waals surface area contributed by atoms with Gasteiger partial charge in [0.15, 0.2) is 0 Å². The average Bonchev–Trinajstić information content (AvgIpc) is 2.13. The zero-order valence-electron chi connectivity index (χ0n) is 9.25. The van der Waals surface area contributed by atoms with Crippen LogP contribution in [0.15, 0.2) is 18.2 Å². The summed E-state index contributed by atoms with van der Waals surface area (Å²) in [5.41, 5.74) is 4.04. The van der Waals surface area contributed by atoms with Gasteiger partial charge in [-0.05, 0) is 37.6 Å². The van der Waals surface area contributed by atoms with Crippen molar-refractivity contribution in [3.05, 3.63) is 34.9 Å². The van der Waals surface area contributed by atoms with E-state index in [1.807, 2.05) is 7.05 Å². The summed E-state index contributed by atoms with van der Waals surface area (Å²) in [6, 6.07) is 6.37. The SMILES string of the molecule is Cc1cccc(CN(C)CCO)c1C. The van der Waals surface area contributed by atoms with Gasteiger partial charge >= 0.3 is 0 Å². The minimum Gasteiger partial charge on any atom is -0.395 e. The number of benzene rings is 1. The van der Waals surface area contributed by atoms with Gasteiger partial charge < -0.3 is 5.11 Å². The minimum atomic E-state index is 0.224. The average molecular weight is 193 g/mol. The van der Waals surface area contributed by atoms with Crippen molar-refractivity contribution in [2.24, 2.45) is 0 Å². The van der Waals surface area contributed by atoms with Crippen LogP contribution in [0.2, 0.25) is 0 Å². The van der Waals surface area contributed by atoms with Crippen LogP contribution in [0.4, 0.5) is 0 Å². The Labute approximate surface area is 86.2 Å². The van der Waals surface area contributed by atoms with E-state index in [9.17, 15) is 0 Å². The van der Waals surface area contributed by atoms with Gasteiger partial charge in [-0.3, -0.25) is 4.90 Å². The Morgan fingerprint density at radius 3 is 2.64 bits per heavy atom. The molecule has 0 saturated carbocycles. The molecule has 0 amide bonds. The van der Waals surface area contributed by atoms with Gasteiger partial charge in [0.05, 0.1) is 6.61 Å². The molecule has 0 atom stereocenters. The van der Waals surface area contributed by atoms with Gasteiger partial charge in [-0.2, -0.15) is 0 Å². The Hall–Kier alpha value is -0.860. The van der Waals surface area contributed by atoms with E-state index in [1.54, 1.807) is 0 Å². The highest BCUT2D eigenvalue weighted by molar-refractivity contribution is 5.32. The largest absolute Gasteiger partial charge is 0.395 e. The number of hydrogen-bond donors (Lipinski definition) is 1. The number of nitrogens with zero attached hydrogens (tertiary/aromatic N) is 1. The highest BCUT2D eigenvalue weighted by atomic mass is 16.3. The van der Waals surface area contributed by atoms with E-state index < -0.39 is 0 Å². The molecular weight excluding hydrogens is 174 g/mol. The van der Waals surface area contributed by atoms with Gasteiger partial charge in [0.2, 0.25) is 0 Å². The molecule has 0 spiro atoms. The van der Waals surface area contributed by atoms with Crippen molar-refractivity contribution in [1.29, 1.82) is 0 Å². The lowest BCUT2D eigenvalue weighted by Crippen LogP contribution is -2.22. The smallest absolute Gasteiger partial charge is 0.0558 e. The summed E-state index contributed by atoms with van der Waals surface area (Å²) in [5.74, 6) is 0. The van der Waals surface area contributed by atoms with Gasteiger partial charge in [-0.25, -0.2) is 0 Å². The molecule has 1 aromatic rings. The van der Waals surface area contributed by atoms with E-state index in [4.69, 9.17) is 5.11 Å². The molecule has 1 rings (SSSR count). The first-order valence-electron chi connectivity index (χ1n) is 4.99. The maximum absolute atomic E-state index is 8.80. The van der Waals surface area contributed by atoms with Crippen molar-refractivity contribution >= 4 is 0 Å². The second-order valence-electron chi connectivity index (χ2n) is 3.82. The molecule has 0 radical (unpaired) electrons. The fourth-order valence-electron chi connectivity index (χ4n) is 1.52. The summed E-state index contributed by atoms with van der Waals surface area (Å²) >= 11 is 0. The number of aliphatic hydroxyl groups is 1. The lowest BCUT2D eigenvalue weighted by Gasteiger charge is -2.17. The summed E-state index contributed by atoms with van der Waals surface area (Å²) in [6.45, 7) is 6.14. The number of aryl methyl sites for hydroxylation is 1. The van der Waals surface area contributed by atoms with Crippen molar-refractivity contribution in [2.45, 2.75) is 20.4 Å². The molecule has 0 aliphatic heterocycles. The molecule has 1 N–H and O–H groups in total. The van der Waals surface area contributed by atoms with E-state index in [2.05, 4.69) is 36.9 Å². The van der Waals surface area contributed by atoms with Gasteiger partial charge in [0, 0.05) is 13.1 Å². The van der Waals surface area contributed by atoms with E-state index >= 15 is 0 Å². The van der Waals surface area contributed by atoms with Crippen LogP contribution in [-0.4, -0.2) is 30.2 Å². The van der Waals surface area contributed by atoms with Crippen LogP contribution in [0.25, 0.3) is 0 Å². The lowest BCUT2D eigenvalue weighted by molar-refractivity contribution is 0.217. The van der Waals surface area contributed by atoms with Crippen molar-refractivity contribution in [1.82, 2.24) is 4.90 Å². The third-order valence-electron chi connectivity index (χ3n) is 2.64. The first-order valence-corrected chi connectivity index (χ1v) is 4.99. The molecule has 0 saturated heterocycles. The first kappa shape index (κ1) is 11.2. The van der Waals surface area contributed by atoms with Gasteiger partial charge in [-0.1, -0.05) is 18.2 Å². The number of rotatable bonds is 4. The second kappa shape index (κ2) is 5.13. The molecule has 14 heavy (non-hydrogen) atoms. The van der Waals surface area contributed by atoms with Gasteiger partial charge in [0.1, 0.15) is 0 Å². The molecule has 0 bridgehead atoms. The summed E-state index contributed by atoms with van der Waals surface area (Å²) in [6.07, 6.45) is 0. The van der Waals surface area contributed by atoms with Crippen LogP contribution in [0.3, 0.4) is 0 Å². The molecule has 78 valence electrons. The summed E-state index contributed by atoms with van der Waals surface area (Å²) in [4.78, 5) is 2.13. The quantitative estimate of drug-likeness (QED) is 0.787. The molecule has 1 aromatic carbocycles. The summed E-state index contributed by atoms with van der Waals surface area (Å²) in [7, 11) is 2.03. The highest BCUT2D eigenvalue weighted by Gasteiger charge is 2.03. The zero-order valence-corrected chi connectivity index (χ0v) is 9.25. The molecule has 0 unspecified atom stereocenters. The molecule has 2 nitrogen and oxygen atoms in total. The van der Waals surface area contributed by atoms with E-state index in [0.29, 0.717) is 0 Å². The Morgan fingerprint density at radius 1 is 1.29 bits per heavy atom.